The number of halogens is 3. The molecule has 1 aliphatic rings. The number of thioether (sulfide) groups is 1. The van der Waals surface area contributed by atoms with E-state index in [0.717, 1.165) is 30.7 Å². The normalized spacial score (nSPS) is 21.0. The van der Waals surface area contributed by atoms with Gasteiger partial charge in [-0.3, -0.25) is 4.99 Å². The summed E-state index contributed by atoms with van der Waals surface area (Å²) in [7, 11) is 1.69. The molecule has 0 heterocycles. The van der Waals surface area contributed by atoms with E-state index in [-0.39, 0.29) is 30.5 Å². The molecule has 0 bridgehead atoms. The molecule has 0 saturated heterocycles. The summed E-state index contributed by atoms with van der Waals surface area (Å²) in [5.41, 5.74) is 0.300. The standard InChI is InChI=1S/C16H23F2N3S.HI/c1-3-22-14-6-5-13(9-14)21-16(19-2)20-10-11-8-12(17)4-7-15(11)18;/h4,7-8,13-14H,3,5-6,9-10H2,1-2H3,(H2,19,20,21);1H. The van der Waals surface area contributed by atoms with Crippen molar-refractivity contribution in [3.05, 3.63) is 35.4 Å². The molecule has 0 aromatic heterocycles. The predicted octanol–water partition coefficient (Wildman–Crippen LogP) is 3.92. The second-order valence-electron chi connectivity index (χ2n) is 5.39. The summed E-state index contributed by atoms with van der Waals surface area (Å²) >= 11 is 2.00. The molecule has 130 valence electrons. The Morgan fingerprint density at radius 3 is 2.83 bits per heavy atom. The molecule has 2 atom stereocenters. The highest BCUT2D eigenvalue weighted by Crippen LogP contribution is 2.29. The lowest BCUT2D eigenvalue weighted by Gasteiger charge is -2.17. The minimum absolute atomic E-state index is 0. The Hall–Kier alpha value is -0.570. The summed E-state index contributed by atoms with van der Waals surface area (Å²) < 4.78 is 26.7. The molecule has 23 heavy (non-hydrogen) atoms. The van der Waals surface area contributed by atoms with E-state index in [2.05, 4.69) is 22.5 Å². The summed E-state index contributed by atoms with van der Waals surface area (Å²) in [6.07, 6.45) is 3.45. The number of nitrogens with zero attached hydrogens (tertiary/aromatic N) is 1. The summed E-state index contributed by atoms with van der Waals surface area (Å²) in [6, 6.07) is 3.87. The Labute approximate surface area is 158 Å². The fourth-order valence-electron chi connectivity index (χ4n) is 2.70. The van der Waals surface area contributed by atoms with Gasteiger partial charge in [-0.2, -0.15) is 11.8 Å². The third-order valence-corrected chi connectivity index (χ3v) is 5.04. The second kappa shape index (κ2) is 10.3. The van der Waals surface area contributed by atoms with Crippen molar-refractivity contribution in [3.8, 4) is 0 Å². The second-order valence-corrected chi connectivity index (χ2v) is 6.97. The highest BCUT2D eigenvalue weighted by Gasteiger charge is 2.25. The van der Waals surface area contributed by atoms with Gasteiger partial charge in [-0.1, -0.05) is 6.92 Å². The van der Waals surface area contributed by atoms with E-state index in [1.165, 1.54) is 12.5 Å². The van der Waals surface area contributed by atoms with Gasteiger partial charge in [-0.25, -0.2) is 8.78 Å². The van der Waals surface area contributed by atoms with Crippen molar-refractivity contribution >= 4 is 41.7 Å². The summed E-state index contributed by atoms with van der Waals surface area (Å²) in [5, 5.41) is 7.13. The predicted molar refractivity (Wildman–Crippen MR) is 105 cm³/mol. The highest BCUT2D eigenvalue weighted by atomic mass is 127. The Kier molecular flexibility index (Phi) is 9.19. The lowest BCUT2D eigenvalue weighted by atomic mass is 10.2. The zero-order valence-corrected chi connectivity index (χ0v) is 16.6. The number of nitrogens with one attached hydrogen (secondary N) is 2. The van der Waals surface area contributed by atoms with Crippen LogP contribution >= 0.6 is 35.7 Å². The van der Waals surface area contributed by atoms with Crippen LogP contribution in [0, 0.1) is 11.6 Å². The fourth-order valence-corrected chi connectivity index (χ4v) is 3.85. The van der Waals surface area contributed by atoms with Crippen molar-refractivity contribution in [1.29, 1.82) is 0 Å². The van der Waals surface area contributed by atoms with Crippen molar-refractivity contribution in [1.82, 2.24) is 10.6 Å². The first-order valence-electron chi connectivity index (χ1n) is 7.65. The number of benzene rings is 1. The fraction of sp³-hybridized carbons (Fsp3) is 0.562. The van der Waals surface area contributed by atoms with Crippen LogP contribution in [-0.2, 0) is 6.54 Å². The maximum atomic E-state index is 13.6. The van der Waals surface area contributed by atoms with Gasteiger partial charge in [0.2, 0.25) is 0 Å². The van der Waals surface area contributed by atoms with Gasteiger partial charge in [0.15, 0.2) is 5.96 Å². The Morgan fingerprint density at radius 1 is 1.35 bits per heavy atom. The molecule has 7 heteroatoms. The molecule has 0 aliphatic heterocycles. The van der Waals surface area contributed by atoms with E-state index >= 15 is 0 Å². The largest absolute Gasteiger partial charge is 0.354 e. The summed E-state index contributed by atoms with van der Waals surface area (Å²) in [4.78, 5) is 4.16. The van der Waals surface area contributed by atoms with Crippen LogP contribution < -0.4 is 10.6 Å². The molecule has 1 aromatic carbocycles. The number of hydrogen-bond acceptors (Lipinski definition) is 2. The molecule has 1 aliphatic carbocycles. The van der Waals surface area contributed by atoms with Gasteiger partial charge in [0.25, 0.3) is 0 Å². The number of hydrogen-bond donors (Lipinski definition) is 2. The topological polar surface area (TPSA) is 36.4 Å². The van der Waals surface area contributed by atoms with Gasteiger partial charge in [0.1, 0.15) is 11.6 Å². The van der Waals surface area contributed by atoms with Gasteiger partial charge in [0.05, 0.1) is 0 Å². The van der Waals surface area contributed by atoms with Crippen LogP contribution in [0.4, 0.5) is 8.78 Å². The van der Waals surface area contributed by atoms with Crippen molar-refractivity contribution in [2.24, 2.45) is 4.99 Å². The quantitative estimate of drug-likeness (QED) is 0.402. The van der Waals surface area contributed by atoms with Crippen molar-refractivity contribution in [2.75, 3.05) is 12.8 Å². The van der Waals surface area contributed by atoms with Gasteiger partial charge in [0, 0.05) is 30.4 Å². The van der Waals surface area contributed by atoms with E-state index in [9.17, 15) is 8.78 Å². The molecule has 1 fully saturated rings. The lowest BCUT2D eigenvalue weighted by molar-refractivity contribution is 0.577. The minimum atomic E-state index is -0.434. The lowest BCUT2D eigenvalue weighted by Crippen LogP contribution is -2.42. The van der Waals surface area contributed by atoms with E-state index in [1.807, 2.05) is 11.8 Å². The van der Waals surface area contributed by atoms with E-state index in [1.54, 1.807) is 7.05 Å². The van der Waals surface area contributed by atoms with Gasteiger partial charge < -0.3 is 10.6 Å². The average molecular weight is 455 g/mol. The van der Waals surface area contributed by atoms with Crippen LogP contribution in [0.3, 0.4) is 0 Å². The third-order valence-electron chi connectivity index (χ3n) is 3.81. The molecule has 1 saturated carbocycles. The molecular formula is C16H24F2IN3S. The van der Waals surface area contributed by atoms with Crippen LogP contribution in [-0.4, -0.2) is 30.1 Å². The summed E-state index contributed by atoms with van der Waals surface area (Å²) in [6.45, 7) is 2.39. The Bertz CT molecular complexity index is 528. The van der Waals surface area contributed by atoms with Crippen LogP contribution in [0.25, 0.3) is 0 Å². The van der Waals surface area contributed by atoms with E-state index in [4.69, 9.17) is 0 Å². The number of guanidine groups is 1. The van der Waals surface area contributed by atoms with Crippen LogP contribution in [0.2, 0.25) is 0 Å². The van der Waals surface area contributed by atoms with Crippen molar-refractivity contribution in [3.63, 3.8) is 0 Å². The van der Waals surface area contributed by atoms with E-state index in [0.29, 0.717) is 22.8 Å². The monoisotopic (exact) mass is 455 g/mol. The molecule has 1 aromatic rings. The maximum absolute atomic E-state index is 13.6. The molecule has 2 rings (SSSR count). The molecule has 0 radical (unpaired) electrons. The number of aliphatic imine (C=N–C) groups is 1. The zero-order valence-electron chi connectivity index (χ0n) is 13.4. The molecule has 0 spiro atoms. The van der Waals surface area contributed by atoms with Crippen LogP contribution in [0.1, 0.15) is 31.7 Å². The first-order chi connectivity index (χ1) is 10.6. The minimum Gasteiger partial charge on any atom is -0.354 e. The molecule has 3 nitrogen and oxygen atoms in total. The molecule has 0 amide bonds. The van der Waals surface area contributed by atoms with Gasteiger partial charge >= 0.3 is 0 Å². The third kappa shape index (κ3) is 6.45. The molecule has 2 unspecified atom stereocenters. The van der Waals surface area contributed by atoms with Gasteiger partial charge in [-0.05, 0) is 43.2 Å². The van der Waals surface area contributed by atoms with Gasteiger partial charge in [-0.15, -0.1) is 24.0 Å². The smallest absolute Gasteiger partial charge is 0.191 e. The molecule has 2 N–H and O–H groups in total. The van der Waals surface area contributed by atoms with Crippen LogP contribution in [0.5, 0.6) is 0 Å². The SMILES string of the molecule is CCSC1CCC(NC(=NC)NCc2cc(F)ccc2F)C1.I. The zero-order chi connectivity index (χ0) is 15.9. The average Bonchev–Trinajstić information content (AvgIpc) is 2.94. The Balaban J connectivity index is 0.00000264. The Morgan fingerprint density at radius 2 is 2.13 bits per heavy atom. The first kappa shape index (κ1) is 20.5. The first-order valence-corrected chi connectivity index (χ1v) is 8.70. The maximum Gasteiger partial charge on any atom is 0.191 e. The molecular weight excluding hydrogens is 431 g/mol. The highest BCUT2D eigenvalue weighted by molar-refractivity contribution is 14.0. The van der Waals surface area contributed by atoms with Crippen molar-refractivity contribution in [2.45, 2.75) is 44.0 Å². The van der Waals surface area contributed by atoms with E-state index < -0.39 is 11.6 Å². The van der Waals surface area contributed by atoms with Crippen LogP contribution in [0.15, 0.2) is 23.2 Å². The van der Waals surface area contributed by atoms with Crippen molar-refractivity contribution < 1.29 is 8.78 Å². The number of rotatable bonds is 5. The summed E-state index contributed by atoms with van der Waals surface area (Å²) in [5.74, 6) is 0.931.